The lowest BCUT2D eigenvalue weighted by molar-refractivity contribution is 0.627. The minimum absolute atomic E-state index is 0.134. The molecule has 0 spiro atoms. The number of nitrogens with zero attached hydrogens (tertiary/aromatic N) is 2. The van der Waals surface area contributed by atoms with Crippen LogP contribution in [0.25, 0.3) is 5.57 Å². The summed E-state index contributed by atoms with van der Waals surface area (Å²) in [6.07, 6.45) is 4.22. The van der Waals surface area contributed by atoms with E-state index in [4.69, 9.17) is 11.6 Å². The molecule has 1 heterocycles. The Kier molecular flexibility index (Phi) is 6.73. The molecular weight excluding hydrogens is 337 g/mol. The third-order valence-corrected chi connectivity index (χ3v) is 3.88. The first-order valence-electron chi connectivity index (χ1n) is 7.89. The molecule has 0 saturated heterocycles. The van der Waals surface area contributed by atoms with E-state index in [1.807, 2.05) is 13.0 Å². The SMILES string of the molecule is C=C/C(=C\NC)c1cc(C(C#Cc2cccc(F)c2)CC)c(Cl)nn1. The number of benzene rings is 1. The Bertz CT molecular complexity index is 850. The molecular formula is C20H19ClFN3. The van der Waals surface area contributed by atoms with E-state index in [0.29, 0.717) is 16.4 Å². The van der Waals surface area contributed by atoms with Crippen LogP contribution in [0.3, 0.4) is 0 Å². The largest absolute Gasteiger partial charge is 0.393 e. The van der Waals surface area contributed by atoms with E-state index in [0.717, 1.165) is 17.6 Å². The van der Waals surface area contributed by atoms with Crippen LogP contribution in [-0.4, -0.2) is 17.2 Å². The van der Waals surface area contributed by atoms with E-state index in [9.17, 15) is 4.39 Å². The summed E-state index contributed by atoms with van der Waals surface area (Å²) in [6.45, 7) is 5.80. The summed E-state index contributed by atoms with van der Waals surface area (Å²) in [7, 11) is 1.80. The fourth-order valence-electron chi connectivity index (χ4n) is 2.31. The minimum atomic E-state index is -0.307. The Hall–Kier alpha value is -2.64. The molecule has 3 nitrogen and oxygen atoms in total. The Balaban J connectivity index is 2.41. The third-order valence-electron chi connectivity index (χ3n) is 3.59. The molecule has 2 aromatic rings. The highest BCUT2D eigenvalue weighted by Crippen LogP contribution is 2.27. The van der Waals surface area contributed by atoms with Gasteiger partial charge in [0.15, 0.2) is 5.15 Å². The summed E-state index contributed by atoms with van der Waals surface area (Å²) in [5.74, 6) is 5.72. The Morgan fingerprint density at radius 2 is 2.20 bits per heavy atom. The number of hydrogen-bond acceptors (Lipinski definition) is 3. The van der Waals surface area contributed by atoms with Crippen LogP contribution in [0.1, 0.15) is 36.1 Å². The smallest absolute Gasteiger partial charge is 0.156 e. The van der Waals surface area contributed by atoms with Crippen molar-refractivity contribution >= 4 is 17.2 Å². The van der Waals surface area contributed by atoms with Gasteiger partial charge in [-0.2, -0.15) is 0 Å². The van der Waals surface area contributed by atoms with E-state index in [2.05, 4.69) is 33.9 Å². The summed E-state index contributed by atoms with van der Waals surface area (Å²) in [5.41, 5.74) is 2.89. The first-order chi connectivity index (χ1) is 12.1. The van der Waals surface area contributed by atoms with E-state index in [1.54, 1.807) is 31.5 Å². The normalized spacial score (nSPS) is 12.1. The lowest BCUT2D eigenvalue weighted by atomic mass is 9.97. The molecule has 1 N–H and O–H groups in total. The van der Waals surface area contributed by atoms with Crippen molar-refractivity contribution in [2.24, 2.45) is 0 Å². The molecule has 0 radical (unpaired) electrons. The maximum atomic E-state index is 13.3. The van der Waals surface area contributed by atoms with E-state index >= 15 is 0 Å². The highest BCUT2D eigenvalue weighted by molar-refractivity contribution is 6.30. The molecule has 0 aliphatic carbocycles. The van der Waals surface area contributed by atoms with Crippen molar-refractivity contribution in [2.75, 3.05) is 7.05 Å². The number of nitrogens with one attached hydrogen (secondary N) is 1. The van der Waals surface area contributed by atoms with Gasteiger partial charge in [-0.1, -0.05) is 49.1 Å². The van der Waals surface area contributed by atoms with Crippen molar-refractivity contribution in [1.82, 2.24) is 15.5 Å². The van der Waals surface area contributed by atoms with Crippen LogP contribution in [0.4, 0.5) is 4.39 Å². The fraction of sp³-hybridized carbons (Fsp3) is 0.200. The number of aromatic nitrogens is 2. The maximum absolute atomic E-state index is 13.3. The third kappa shape index (κ3) is 4.91. The van der Waals surface area contributed by atoms with Gasteiger partial charge in [-0.25, -0.2) is 4.39 Å². The van der Waals surface area contributed by atoms with Crippen molar-refractivity contribution in [3.8, 4) is 11.8 Å². The predicted molar refractivity (Wildman–Crippen MR) is 101 cm³/mol. The van der Waals surface area contributed by atoms with Crippen molar-refractivity contribution in [1.29, 1.82) is 0 Å². The van der Waals surface area contributed by atoms with Crippen LogP contribution >= 0.6 is 11.6 Å². The van der Waals surface area contributed by atoms with Crippen LogP contribution in [-0.2, 0) is 0 Å². The highest BCUT2D eigenvalue weighted by atomic mass is 35.5. The summed E-state index contributed by atoms with van der Waals surface area (Å²) >= 11 is 6.24. The van der Waals surface area contributed by atoms with Gasteiger partial charge < -0.3 is 5.32 Å². The lowest BCUT2D eigenvalue weighted by Crippen LogP contribution is -2.03. The van der Waals surface area contributed by atoms with Crippen molar-refractivity contribution < 1.29 is 4.39 Å². The van der Waals surface area contributed by atoms with Crippen molar-refractivity contribution in [3.63, 3.8) is 0 Å². The first kappa shape index (κ1) is 18.7. The fourth-order valence-corrected chi connectivity index (χ4v) is 2.53. The second-order valence-corrected chi connectivity index (χ2v) is 5.67. The van der Waals surface area contributed by atoms with E-state index < -0.39 is 0 Å². The molecule has 2 rings (SSSR count). The quantitative estimate of drug-likeness (QED) is 0.631. The van der Waals surface area contributed by atoms with Gasteiger partial charge in [0.1, 0.15) is 5.82 Å². The Morgan fingerprint density at radius 3 is 2.84 bits per heavy atom. The molecule has 1 aromatic carbocycles. The Morgan fingerprint density at radius 1 is 1.40 bits per heavy atom. The van der Waals surface area contributed by atoms with Gasteiger partial charge in [-0.15, -0.1) is 10.2 Å². The number of hydrogen-bond donors (Lipinski definition) is 1. The van der Waals surface area contributed by atoms with Gasteiger partial charge in [0.2, 0.25) is 0 Å². The summed E-state index contributed by atoms with van der Waals surface area (Å²) in [5, 5.41) is 11.4. The van der Waals surface area contributed by atoms with Crippen LogP contribution < -0.4 is 5.32 Å². The molecule has 0 saturated carbocycles. The topological polar surface area (TPSA) is 37.8 Å². The molecule has 1 atom stereocenters. The standard InChI is InChI=1S/C20H19ClFN3/c1-4-15(10-9-14-7-6-8-17(22)11-14)18-12-19(24-25-20(18)21)16(5-2)13-23-3/h5-8,11-13,15,23H,2,4H2,1,3H3/b16-13+. The average molecular weight is 356 g/mol. The van der Waals surface area contributed by atoms with Gasteiger partial charge in [0.25, 0.3) is 0 Å². The molecule has 0 aliphatic rings. The molecule has 0 bridgehead atoms. The zero-order valence-electron chi connectivity index (χ0n) is 14.2. The van der Waals surface area contributed by atoms with Gasteiger partial charge >= 0.3 is 0 Å². The molecule has 1 unspecified atom stereocenters. The van der Waals surface area contributed by atoms with Gasteiger partial charge in [0.05, 0.1) is 5.69 Å². The minimum Gasteiger partial charge on any atom is -0.393 e. The highest BCUT2D eigenvalue weighted by Gasteiger charge is 2.14. The zero-order valence-corrected chi connectivity index (χ0v) is 14.9. The molecule has 0 aliphatic heterocycles. The molecule has 5 heteroatoms. The lowest BCUT2D eigenvalue weighted by Gasteiger charge is -2.11. The molecule has 0 fully saturated rings. The molecule has 0 amide bonds. The van der Waals surface area contributed by atoms with Crippen LogP contribution in [0, 0.1) is 17.7 Å². The summed E-state index contributed by atoms with van der Waals surface area (Å²) in [4.78, 5) is 0. The second kappa shape index (κ2) is 9.00. The van der Waals surface area contributed by atoms with E-state index in [1.165, 1.54) is 12.1 Å². The maximum Gasteiger partial charge on any atom is 0.156 e. The van der Waals surface area contributed by atoms with E-state index in [-0.39, 0.29) is 11.7 Å². The predicted octanol–water partition coefficient (Wildman–Crippen LogP) is 4.56. The van der Waals surface area contributed by atoms with Gasteiger partial charge in [0, 0.05) is 35.9 Å². The monoisotopic (exact) mass is 355 g/mol. The summed E-state index contributed by atoms with van der Waals surface area (Å²) in [6, 6.07) is 8.07. The first-order valence-corrected chi connectivity index (χ1v) is 8.27. The number of rotatable bonds is 5. The van der Waals surface area contributed by atoms with Crippen molar-refractivity contribution in [2.45, 2.75) is 19.3 Å². The summed E-state index contributed by atoms with van der Waals surface area (Å²) < 4.78 is 13.3. The number of halogens is 2. The van der Waals surface area contributed by atoms with Crippen LogP contribution in [0.2, 0.25) is 5.15 Å². The second-order valence-electron chi connectivity index (χ2n) is 5.31. The molecule has 1 aromatic heterocycles. The zero-order chi connectivity index (χ0) is 18.2. The molecule has 128 valence electrons. The average Bonchev–Trinajstić information content (AvgIpc) is 2.62. The van der Waals surface area contributed by atoms with Gasteiger partial charge in [-0.3, -0.25) is 0 Å². The number of allylic oxidation sites excluding steroid dienone is 2. The van der Waals surface area contributed by atoms with Crippen molar-refractivity contribution in [3.05, 3.63) is 77.0 Å². The molecule has 25 heavy (non-hydrogen) atoms. The van der Waals surface area contributed by atoms with Crippen LogP contribution in [0.5, 0.6) is 0 Å². The van der Waals surface area contributed by atoms with Crippen LogP contribution in [0.15, 0.2) is 49.2 Å². The Labute approximate surface area is 152 Å². The van der Waals surface area contributed by atoms with Gasteiger partial charge in [-0.05, 0) is 30.7 Å².